The minimum atomic E-state index is -4.35. The van der Waals surface area contributed by atoms with Crippen molar-refractivity contribution < 1.29 is 32.2 Å². The summed E-state index contributed by atoms with van der Waals surface area (Å²) in [6, 6.07) is 7.14. The van der Waals surface area contributed by atoms with Crippen LogP contribution in [0.3, 0.4) is 0 Å². The summed E-state index contributed by atoms with van der Waals surface area (Å²) in [5, 5.41) is 3.80. The molecule has 0 N–H and O–H groups in total. The van der Waals surface area contributed by atoms with E-state index in [2.05, 4.69) is 5.10 Å². The van der Waals surface area contributed by atoms with E-state index >= 15 is 0 Å². The molecule has 2 aromatic rings. The van der Waals surface area contributed by atoms with Gasteiger partial charge < -0.3 is 14.2 Å². The number of alkyl halides is 3. The van der Waals surface area contributed by atoms with Crippen molar-refractivity contribution in [2.24, 2.45) is 7.05 Å². The predicted octanol–water partition coefficient (Wildman–Crippen LogP) is 3.02. The van der Waals surface area contributed by atoms with Crippen LogP contribution in [0.2, 0.25) is 0 Å². The van der Waals surface area contributed by atoms with Crippen molar-refractivity contribution in [2.75, 3.05) is 13.2 Å². The van der Waals surface area contributed by atoms with E-state index in [1.54, 1.807) is 39.0 Å². The molecule has 12 heteroatoms. The molecule has 0 aliphatic carbocycles. The van der Waals surface area contributed by atoms with Gasteiger partial charge in [0.25, 0.3) is 5.88 Å². The number of nitrogens with zero attached hydrogens (tertiary/aromatic N) is 3. The van der Waals surface area contributed by atoms with Gasteiger partial charge >= 0.3 is 23.4 Å². The quantitative estimate of drug-likeness (QED) is 0.326. The zero-order valence-corrected chi connectivity index (χ0v) is 20.2. The van der Waals surface area contributed by atoms with Crippen LogP contribution in [0.15, 0.2) is 33.9 Å². The van der Waals surface area contributed by atoms with E-state index in [1.165, 1.54) is 7.05 Å². The van der Waals surface area contributed by atoms with Crippen LogP contribution in [0.1, 0.15) is 45.6 Å². The average molecular weight is 502 g/mol. The molecule has 0 saturated carbocycles. The monoisotopic (exact) mass is 501 g/mol. The molecule has 0 amide bonds. The molecule has 0 aliphatic heterocycles. The lowest BCUT2D eigenvalue weighted by atomic mass is 10.1. The molecule has 0 fully saturated rings. The lowest BCUT2D eigenvalue weighted by Gasteiger charge is -2.24. The van der Waals surface area contributed by atoms with Crippen molar-refractivity contribution >= 4 is 5.97 Å². The molecule has 0 atom stereocenters. The van der Waals surface area contributed by atoms with Crippen LogP contribution in [0, 0.1) is 0 Å². The van der Waals surface area contributed by atoms with Gasteiger partial charge in [0, 0.05) is 20.0 Å². The number of hydrogen-bond acceptors (Lipinski definition) is 7. The second kappa shape index (κ2) is 11.9. The number of halogens is 3. The van der Waals surface area contributed by atoms with Crippen molar-refractivity contribution in [1.29, 1.82) is 0 Å². The maximum atomic E-state index is 12.4. The van der Waals surface area contributed by atoms with Gasteiger partial charge in [0.2, 0.25) is 0 Å². The van der Waals surface area contributed by atoms with Crippen LogP contribution in [-0.2, 0) is 29.5 Å². The second-order valence-electron chi connectivity index (χ2n) is 8.33. The smallest absolute Gasteiger partial charge is 0.389 e. The molecule has 0 bridgehead atoms. The summed E-state index contributed by atoms with van der Waals surface area (Å²) in [6.45, 7) is 4.97. The molecule has 1 aromatic carbocycles. The van der Waals surface area contributed by atoms with Gasteiger partial charge in [0.1, 0.15) is 5.75 Å². The standard InChI is InChI=1S/C23H30F3N3O6/c1-5-33-20(31)22(2,3)35-17-11-6-9-16(15-17)10-7-14-34-18-19(30)28(4)21(32)29(27-18)13-8-12-23(24,25)26/h6,9,11,15H,5,7-8,10,12-14H2,1-4H3. The third kappa shape index (κ3) is 8.45. The topological polar surface area (TPSA) is 102 Å². The van der Waals surface area contributed by atoms with Gasteiger partial charge in [-0.1, -0.05) is 12.1 Å². The molecule has 9 nitrogen and oxygen atoms in total. The van der Waals surface area contributed by atoms with Crippen LogP contribution in [-0.4, -0.2) is 45.3 Å². The largest absolute Gasteiger partial charge is 0.476 e. The molecule has 0 aliphatic rings. The Morgan fingerprint density at radius 1 is 1.14 bits per heavy atom. The second-order valence-corrected chi connectivity index (χ2v) is 8.33. The molecule has 1 heterocycles. The first kappa shape index (κ1) is 27.9. The molecule has 1 aromatic heterocycles. The minimum absolute atomic E-state index is 0.0857. The summed E-state index contributed by atoms with van der Waals surface area (Å²) in [6.07, 6.45) is -4.74. The normalized spacial score (nSPS) is 11.9. The molecule has 194 valence electrons. The fraction of sp³-hybridized carbons (Fsp3) is 0.565. The fourth-order valence-corrected chi connectivity index (χ4v) is 3.11. The predicted molar refractivity (Wildman–Crippen MR) is 121 cm³/mol. The highest BCUT2D eigenvalue weighted by Crippen LogP contribution is 2.22. The Balaban J connectivity index is 1.97. The summed E-state index contributed by atoms with van der Waals surface area (Å²) in [5.74, 6) is -0.344. The van der Waals surface area contributed by atoms with Gasteiger partial charge in [-0.05, 0) is 57.7 Å². The average Bonchev–Trinajstić information content (AvgIpc) is 2.77. The Hall–Kier alpha value is -3.31. The van der Waals surface area contributed by atoms with E-state index in [0.717, 1.165) is 14.8 Å². The van der Waals surface area contributed by atoms with E-state index < -0.39 is 35.4 Å². The number of ether oxygens (including phenoxy) is 3. The van der Waals surface area contributed by atoms with Crippen molar-refractivity contribution in [2.45, 2.75) is 64.8 Å². The lowest BCUT2D eigenvalue weighted by molar-refractivity contribution is -0.158. The maximum Gasteiger partial charge on any atom is 0.389 e. The van der Waals surface area contributed by atoms with Crippen molar-refractivity contribution in [3.05, 3.63) is 50.7 Å². The number of aryl methyl sites for hydroxylation is 2. The molecule has 0 unspecified atom stereocenters. The van der Waals surface area contributed by atoms with E-state index in [1.807, 2.05) is 6.07 Å². The molecular weight excluding hydrogens is 471 g/mol. The van der Waals surface area contributed by atoms with Gasteiger partial charge in [-0.25, -0.2) is 14.3 Å². The van der Waals surface area contributed by atoms with Gasteiger partial charge in [-0.2, -0.15) is 13.2 Å². The first-order chi connectivity index (χ1) is 16.3. The van der Waals surface area contributed by atoms with E-state index in [9.17, 15) is 27.6 Å². The number of carbonyl (C=O) groups is 1. The molecule has 0 spiro atoms. The first-order valence-corrected chi connectivity index (χ1v) is 11.2. The zero-order chi connectivity index (χ0) is 26.2. The summed E-state index contributed by atoms with van der Waals surface area (Å²) in [7, 11) is 1.21. The van der Waals surface area contributed by atoms with Crippen LogP contribution in [0.25, 0.3) is 0 Å². The number of benzene rings is 1. The van der Waals surface area contributed by atoms with Crippen LogP contribution < -0.4 is 20.7 Å². The van der Waals surface area contributed by atoms with Gasteiger partial charge in [-0.3, -0.25) is 9.36 Å². The summed E-state index contributed by atoms with van der Waals surface area (Å²) >= 11 is 0. The third-order valence-electron chi connectivity index (χ3n) is 4.92. The summed E-state index contributed by atoms with van der Waals surface area (Å²) in [5.41, 5.74) is -1.85. The molecule has 0 saturated heterocycles. The van der Waals surface area contributed by atoms with E-state index in [0.29, 0.717) is 18.6 Å². The minimum Gasteiger partial charge on any atom is -0.476 e. The van der Waals surface area contributed by atoms with Gasteiger partial charge in [0.05, 0.1) is 13.2 Å². The fourth-order valence-electron chi connectivity index (χ4n) is 3.11. The Labute approximate surface area is 200 Å². The Kier molecular flexibility index (Phi) is 9.49. The van der Waals surface area contributed by atoms with Crippen LogP contribution in [0.5, 0.6) is 11.6 Å². The summed E-state index contributed by atoms with van der Waals surface area (Å²) in [4.78, 5) is 36.4. The molecule has 35 heavy (non-hydrogen) atoms. The number of esters is 1. The van der Waals surface area contributed by atoms with Crippen molar-refractivity contribution in [3.8, 4) is 11.6 Å². The number of aromatic nitrogens is 3. The Bertz CT molecular complexity index is 1120. The van der Waals surface area contributed by atoms with Gasteiger partial charge in [-0.15, -0.1) is 5.10 Å². The zero-order valence-electron chi connectivity index (χ0n) is 20.2. The molecule has 0 radical (unpaired) electrons. The number of rotatable bonds is 12. The first-order valence-electron chi connectivity index (χ1n) is 11.2. The summed E-state index contributed by atoms with van der Waals surface area (Å²) < 4.78 is 54.9. The van der Waals surface area contributed by atoms with E-state index in [4.69, 9.17) is 14.2 Å². The van der Waals surface area contributed by atoms with Crippen LogP contribution in [0.4, 0.5) is 13.2 Å². The number of carbonyl (C=O) groups excluding carboxylic acids is 1. The van der Waals surface area contributed by atoms with Crippen molar-refractivity contribution in [3.63, 3.8) is 0 Å². The molecule has 2 rings (SSSR count). The number of hydrogen-bond donors (Lipinski definition) is 0. The van der Waals surface area contributed by atoms with Gasteiger partial charge in [0.15, 0.2) is 5.60 Å². The molecular formula is C23H30F3N3O6. The highest BCUT2D eigenvalue weighted by molar-refractivity contribution is 5.79. The maximum absolute atomic E-state index is 12.4. The highest BCUT2D eigenvalue weighted by atomic mass is 19.4. The lowest BCUT2D eigenvalue weighted by Crippen LogP contribution is -2.40. The SMILES string of the molecule is CCOC(=O)C(C)(C)Oc1cccc(CCCOc2nn(CCCC(F)(F)F)c(=O)n(C)c2=O)c1. The Morgan fingerprint density at radius 2 is 1.86 bits per heavy atom. The Morgan fingerprint density at radius 3 is 2.51 bits per heavy atom. The van der Waals surface area contributed by atoms with Crippen molar-refractivity contribution in [1.82, 2.24) is 14.3 Å². The van der Waals surface area contributed by atoms with Crippen LogP contribution >= 0.6 is 0 Å². The third-order valence-corrected chi connectivity index (χ3v) is 4.92. The highest BCUT2D eigenvalue weighted by Gasteiger charge is 2.31. The van der Waals surface area contributed by atoms with E-state index in [-0.39, 0.29) is 32.1 Å².